The summed E-state index contributed by atoms with van der Waals surface area (Å²) in [4.78, 5) is 19.3. The predicted molar refractivity (Wildman–Crippen MR) is 117 cm³/mol. The molecule has 7 nitrogen and oxygen atoms in total. The van der Waals surface area contributed by atoms with Gasteiger partial charge in [0, 0.05) is 49.7 Å². The van der Waals surface area contributed by atoms with Gasteiger partial charge in [0.05, 0.1) is 13.2 Å². The van der Waals surface area contributed by atoms with Gasteiger partial charge in [-0.3, -0.25) is 9.88 Å². The van der Waals surface area contributed by atoms with Gasteiger partial charge in [-0.1, -0.05) is 18.2 Å². The Morgan fingerprint density at radius 2 is 1.97 bits per heavy atom. The molecule has 1 aliphatic heterocycles. The molecule has 0 saturated carbocycles. The lowest BCUT2D eigenvalue weighted by atomic mass is 10.0. The van der Waals surface area contributed by atoms with Crippen molar-refractivity contribution in [2.24, 2.45) is 5.73 Å². The molecule has 0 aliphatic carbocycles. The van der Waals surface area contributed by atoms with Crippen LogP contribution >= 0.6 is 0 Å². The Hall–Kier alpha value is -3.20. The predicted octanol–water partition coefficient (Wildman–Crippen LogP) is 3.12. The van der Waals surface area contributed by atoms with Gasteiger partial charge in [-0.2, -0.15) is 0 Å². The van der Waals surface area contributed by atoms with Gasteiger partial charge in [-0.15, -0.1) is 0 Å². The van der Waals surface area contributed by atoms with E-state index in [4.69, 9.17) is 15.5 Å². The molecule has 3 aromatic heterocycles. The number of morpholine rings is 1. The lowest BCUT2D eigenvalue weighted by molar-refractivity contribution is 0.0341. The van der Waals surface area contributed by atoms with Crippen LogP contribution in [0.3, 0.4) is 0 Å². The van der Waals surface area contributed by atoms with Crippen LogP contribution in [0, 0.1) is 5.82 Å². The number of halogens is 1. The molecule has 0 spiro atoms. The van der Waals surface area contributed by atoms with Crippen LogP contribution in [0.1, 0.15) is 11.1 Å². The second-order valence-electron chi connectivity index (χ2n) is 7.59. The number of nitrogens with zero attached hydrogens (tertiary/aromatic N) is 4. The highest BCUT2D eigenvalue weighted by Gasteiger charge is 2.15. The smallest absolute Gasteiger partial charge is 0.158 e. The minimum atomic E-state index is -0.321. The summed E-state index contributed by atoms with van der Waals surface area (Å²) in [5, 5.41) is 0. The topological polar surface area (TPSA) is 93.0 Å². The SMILES string of the molecule is NCc1ccc(-c2ccnc3[nH]c(-c4ccc(CN5CCOCC5)cn4)nc23)cc1F. The van der Waals surface area contributed by atoms with E-state index < -0.39 is 0 Å². The molecule has 8 heteroatoms. The summed E-state index contributed by atoms with van der Waals surface area (Å²) < 4.78 is 19.7. The van der Waals surface area contributed by atoms with E-state index in [0.29, 0.717) is 22.6 Å². The molecule has 0 amide bonds. The molecule has 158 valence electrons. The number of benzene rings is 1. The fraction of sp³-hybridized carbons (Fsp3) is 0.261. The number of rotatable bonds is 5. The van der Waals surface area contributed by atoms with Gasteiger partial charge < -0.3 is 15.5 Å². The van der Waals surface area contributed by atoms with E-state index in [9.17, 15) is 4.39 Å². The third-order valence-corrected chi connectivity index (χ3v) is 5.55. The van der Waals surface area contributed by atoms with Gasteiger partial charge in [0.25, 0.3) is 0 Å². The first-order valence-electron chi connectivity index (χ1n) is 10.3. The highest BCUT2D eigenvalue weighted by Crippen LogP contribution is 2.29. The molecule has 4 heterocycles. The average Bonchev–Trinajstić information content (AvgIpc) is 3.25. The number of pyridine rings is 2. The van der Waals surface area contributed by atoms with E-state index in [2.05, 4.69) is 25.9 Å². The van der Waals surface area contributed by atoms with Crippen molar-refractivity contribution in [1.29, 1.82) is 0 Å². The van der Waals surface area contributed by atoms with E-state index in [1.807, 2.05) is 24.4 Å². The highest BCUT2D eigenvalue weighted by molar-refractivity contribution is 5.91. The van der Waals surface area contributed by atoms with Gasteiger partial charge in [0.2, 0.25) is 0 Å². The van der Waals surface area contributed by atoms with Crippen molar-refractivity contribution in [2.45, 2.75) is 13.1 Å². The fourth-order valence-electron chi connectivity index (χ4n) is 3.82. The maximum absolute atomic E-state index is 14.3. The summed E-state index contributed by atoms with van der Waals surface area (Å²) in [6.07, 6.45) is 3.57. The van der Waals surface area contributed by atoms with Crippen molar-refractivity contribution in [3.63, 3.8) is 0 Å². The van der Waals surface area contributed by atoms with Crippen LogP contribution in [0.25, 0.3) is 33.8 Å². The van der Waals surface area contributed by atoms with Crippen LogP contribution in [-0.2, 0) is 17.8 Å². The Balaban J connectivity index is 1.43. The fourth-order valence-corrected chi connectivity index (χ4v) is 3.82. The van der Waals surface area contributed by atoms with Gasteiger partial charge in [-0.25, -0.2) is 14.4 Å². The number of aromatic amines is 1. The summed E-state index contributed by atoms with van der Waals surface area (Å²) >= 11 is 0. The number of hydrogen-bond donors (Lipinski definition) is 2. The molecule has 1 aliphatic rings. The largest absolute Gasteiger partial charge is 0.379 e. The van der Waals surface area contributed by atoms with Gasteiger partial charge >= 0.3 is 0 Å². The Morgan fingerprint density at radius 1 is 1.10 bits per heavy atom. The van der Waals surface area contributed by atoms with E-state index >= 15 is 0 Å². The number of H-pyrrole nitrogens is 1. The zero-order valence-electron chi connectivity index (χ0n) is 17.0. The van der Waals surface area contributed by atoms with Crippen molar-refractivity contribution < 1.29 is 9.13 Å². The van der Waals surface area contributed by atoms with E-state index in [1.54, 1.807) is 12.3 Å². The molecule has 5 rings (SSSR count). The number of ether oxygens (including phenoxy) is 1. The van der Waals surface area contributed by atoms with Crippen LogP contribution in [0.2, 0.25) is 0 Å². The first-order chi connectivity index (χ1) is 15.2. The van der Waals surface area contributed by atoms with Crippen molar-refractivity contribution in [3.8, 4) is 22.6 Å². The zero-order valence-corrected chi connectivity index (χ0v) is 17.0. The number of fused-ring (bicyclic) bond motifs is 1. The van der Waals surface area contributed by atoms with Crippen molar-refractivity contribution >= 4 is 11.2 Å². The van der Waals surface area contributed by atoms with Gasteiger partial charge in [0.1, 0.15) is 17.0 Å². The Bertz CT molecular complexity index is 1200. The number of aromatic nitrogens is 4. The minimum Gasteiger partial charge on any atom is -0.379 e. The molecule has 1 saturated heterocycles. The van der Waals surface area contributed by atoms with Crippen molar-refractivity contribution in [2.75, 3.05) is 26.3 Å². The average molecular weight is 418 g/mol. The van der Waals surface area contributed by atoms with Crippen LogP contribution in [0.5, 0.6) is 0 Å². The third-order valence-electron chi connectivity index (χ3n) is 5.55. The van der Waals surface area contributed by atoms with E-state index in [1.165, 1.54) is 6.07 Å². The summed E-state index contributed by atoms with van der Waals surface area (Å²) in [6, 6.07) is 10.9. The molecular formula is C23H23FN6O. The first-order valence-corrected chi connectivity index (χ1v) is 10.3. The highest BCUT2D eigenvalue weighted by atomic mass is 19.1. The Labute approximate surface area is 179 Å². The number of hydrogen-bond acceptors (Lipinski definition) is 6. The monoisotopic (exact) mass is 418 g/mol. The number of imidazole rings is 1. The summed E-state index contributed by atoms with van der Waals surface area (Å²) in [5.41, 5.74) is 10.8. The normalized spacial score (nSPS) is 14.9. The standard InChI is InChI=1S/C23H23FN6O/c24-19-11-16(2-3-17(19)12-25)18-5-6-26-23-21(18)28-22(29-23)20-4-1-15(13-27-20)14-30-7-9-31-10-8-30/h1-6,11,13H,7-10,12,14,25H2,(H,26,28,29). The van der Waals surface area contributed by atoms with Crippen LogP contribution in [0.4, 0.5) is 4.39 Å². The molecule has 4 aromatic rings. The maximum Gasteiger partial charge on any atom is 0.158 e. The van der Waals surface area contributed by atoms with E-state index in [0.717, 1.165) is 55.2 Å². The van der Waals surface area contributed by atoms with Gasteiger partial charge in [0.15, 0.2) is 11.5 Å². The lowest BCUT2D eigenvalue weighted by Gasteiger charge is -2.26. The van der Waals surface area contributed by atoms with Crippen LogP contribution in [-0.4, -0.2) is 51.1 Å². The zero-order chi connectivity index (χ0) is 21.2. The van der Waals surface area contributed by atoms with Crippen LogP contribution < -0.4 is 5.73 Å². The molecule has 1 fully saturated rings. The first kappa shape index (κ1) is 19.7. The number of nitrogens with two attached hydrogens (primary N) is 1. The third kappa shape index (κ3) is 4.05. The molecule has 0 bridgehead atoms. The second-order valence-corrected chi connectivity index (χ2v) is 7.59. The van der Waals surface area contributed by atoms with E-state index in [-0.39, 0.29) is 12.4 Å². The summed E-state index contributed by atoms with van der Waals surface area (Å²) in [5.74, 6) is 0.310. The van der Waals surface area contributed by atoms with Gasteiger partial charge in [-0.05, 0) is 29.3 Å². The quantitative estimate of drug-likeness (QED) is 0.517. The van der Waals surface area contributed by atoms with Crippen molar-refractivity contribution in [1.82, 2.24) is 24.8 Å². The van der Waals surface area contributed by atoms with Crippen LogP contribution in [0.15, 0.2) is 48.8 Å². The molecular weight excluding hydrogens is 395 g/mol. The minimum absolute atomic E-state index is 0.164. The molecule has 0 unspecified atom stereocenters. The molecule has 31 heavy (non-hydrogen) atoms. The number of nitrogens with one attached hydrogen (secondary N) is 1. The second kappa shape index (κ2) is 8.50. The summed E-state index contributed by atoms with van der Waals surface area (Å²) in [7, 11) is 0. The Morgan fingerprint density at radius 3 is 2.71 bits per heavy atom. The maximum atomic E-state index is 14.3. The van der Waals surface area contributed by atoms with Crippen molar-refractivity contribution in [3.05, 3.63) is 65.7 Å². The summed E-state index contributed by atoms with van der Waals surface area (Å²) in [6.45, 7) is 4.45. The Kier molecular flexibility index (Phi) is 5.42. The lowest BCUT2D eigenvalue weighted by Crippen LogP contribution is -2.35. The molecule has 1 aromatic carbocycles. The molecule has 3 N–H and O–H groups in total. The molecule has 0 radical (unpaired) electrons. The molecule has 0 atom stereocenters.